The molecular formula is C64H46N2. The van der Waals surface area contributed by atoms with Gasteiger partial charge in [0.25, 0.3) is 0 Å². The van der Waals surface area contributed by atoms with E-state index in [4.69, 9.17) is 0 Å². The molecule has 66 heavy (non-hydrogen) atoms. The maximum absolute atomic E-state index is 2.44. The van der Waals surface area contributed by atoms with Crippen molar-refractivity contribution in [3.63, 3.8) is 0 Å². The molecule has 0 aliphatic heterocycles. The average molecular weight is 843 g/mol. The van der Waals surface area contributed by atoms with Crippen molar-refractivity contribution in [2.24, 2.45) is 0 Å². The quantitative estimate of drug-likeness (QED) is 0.141. The van der Waals surface area contributed by atoms with Crippen LogP contribution in [0.5, 0.6) is 0 Å². The van der Waals surface area contributed by atoms with Crippen LogP contribution in [-0.4, -0.2) is 0 Å². The van der Waals surface area contributed by atoms with Crippen LogP contribution in [0.3, 0.4) is 0 Å². The Balaban J connectivity index is 1.05. The van der Waals surface area contributed by atoms with E-state index in [1.54, 1.807) is 0 Å². The molecule has 0 N–H and O–H groups in total. The van der Waals surface area contributed by atoms with Gasteiger partial charge in [-0.3, -0.25) is 0 Å². The zero-order valence-corrected chi connectivity index (χ0v) is 37.0. The zero-order chi connectivity index (χ0) is 44.1. The van der Waals surface area contributed by atoms with Crippen LogP contribution in [-0.2, 0) is 0 Å². The number of hydrogen-bond acceptors (Lipinski definition) is 2. The maximum atomic E-state index is 2.44. The lowest BCUT2D eigenvalue weighted by Gasteiger charge is -2.30. The first-order valence-electron chi connectivity index (χ1n) is 22.8. The fourth-order valence-electron chi connectivity index (χ4n) is 10.1. The van der Waals surface area contributed by atoms with Crippen molar-refractivity contribution >= 4 is 88.0 Å². The molecule has 0 spiro atoms. The molecule has 0 saturated carbocycles. The van der Waals surface area contributed by atoms with Crippen LogP contribution in [0.2, 0.25) is 0 Å². The fourth-order valence-corrected chi connectivity index (χ4v) is 10.1. The Labute approximate surface area is 385 Å². The van der Waals surface area contributed by atoms with Gasteiger partial charge in [-0.05, 0) is 140 Å². The number of rotatable bonds is 8. The van der Waals surface area contributed by atoms with Gasteiger partial charge in [0, 0.05) is 33.5 Å². The van der Waals surface area contributed by atoms with Gasteiger partial charge in [-0.15, -0.1) is 0 Å². The van der Waals surface area contributed by atoms with Crippen molar-refractivity contribution in [3.8, 4) is 22.3 Å². The summed E-state index contributed by atoms with van der Waals surface area (Å²) in [4.78, 5) is 4.87. The molecule has 0 aliphatic carbocycles. The van der Waals surface area contributed by atoms with Crippen LogP contribution in [0, 0.1) is 13.8 Å². The fraction of sp³-hybridized carbons (Fsp3) is 0.0312. The summed E-state index contributed by atoms with van der Waals surface area (Å²) in [6, 6.07) is 89.2. The molecule has 312 valence electrons. The topological polar surface area (TPSA) is 6.48 Å². The van der Waals surface area contributed by atoms with Crippen LogP contribution >= 0.6 is 0 Å². The minimum absolute atomic E-state index is 1.10. The highest BCUT2D eigenvalue weighted by Crippen LogP contribution is 2.48. The molecule has 0 radical (unpaired) electrons. The molecule has 12 rings (SSSR count). The van der Waals surface area contributed by atoms with Gasteiger partial charge < -0.3 is 9.80 Å². The highest BCUT2D eigenvalue weighted by Gasteiger charge is 2.22. The molecule has 2 heteroatoms. The van der Waals surface area contributed by atoms with Crippen LogP contribution in [0.25, 0.3) is 76.1 Å². The van der Waals surface area contributed by atoms with Crippen molar-refractivity contribution in [2.45, 2.75) is 13.8 Å². The Bertz CT molecular complexity index is 3490. The van der Waals surface area contributed by atoms with E-state index in [0.717, 1.165) is 34.1 Å². The highest BCUT2D eigenvalue weighted by atomic mass is 15.1. The van der Waals surface area contributed by atoms with Gasteiger partial charge in [0.15, 0.2) is 0 Å². The highest BCUT2D eigenvalue weighted by molar-refractivity contribution is 6.24. The molecule has 0 aromatic heterocycles. The predicted molar refractivity (Wildman–Crippen MR) is 284 cm³/mol. The van der Waals surface area contributed by atoms with Crippen LogP contribution in [0.15, 0.2) is 243 Å². The Kier molecular flexibility index (Phi) is 9.65. The molecule has 0 heterocycles. The lowest BCUT2D eigenvalue weighted by Crippen LogP contribution is -2.12. The molecule has 0 bridgehead atoms. The SMILES string of the molecule is Cc1ccc(N(c2ccc(-c3cccc4ccccc34)cc2)c2cc3c4ccccc4c(N(c4ccc(C)cc4)c4ccc(-c5cccc6ccccc56)cc4)cc3c3ccccc23)cc1. The summed E-state index contributed by atoms with van der Waals surface area (Å²) < 4.78 is 0. The predicted octanol–water partition coefficient (Wildman–Crippen LogP) is 18.3. The van der Waals surface area contributed by atoms with E-state index in [1.807, 2.05) is 0 Å². The van der Waals surface area contributed by atoms with E-state index in [2.05, 4.69) is 266 Å². The van der Waals surface area contributed by atoms with E-state index < -0.39 is 0 Å². The normalized spacial score (nSPS) is 11.5. The standard InChI is InChI=1S/C64H46N2/c1-43-25-33-49(34-26-43)65(51-37-29-47(30-38-51)55-23-11-15-45-13-3-5-17-53(45)55)63-41-61-58-20-8-10-22-60(58)64(42-62(61)57-19-7-9-21-59(57)63)66(50-35-27-44(2)28-36-50)52-39-31-48(32-40-52)56-24-12-16-46-14-4-6-18-54(46)56/h3-42H,1-2H3. The molecule has 0 amide bonds. The Morgan fingerprint density at radius 1 is 0.242 bits per heavy atom. The molecule has 2 nitrogen and oxygen atoms in total. The summed E-state index contributed by atoms with van der Waals surface area (Å²) >= 11 is 0. The summed E-state index contributed by atoms with van der Waals surface area (Å²) in [5, 5.41) is 12.2. The van der Waals surface area contributed by atoms with E-state index in [1.165, 1.54) is 87.2 Å². The second-order valence-corrected chi connectivity index (χ2v) is 17.5. The number of fused-ring (bicyclic) bond motifs is 7. The lowest BCUT2D eigenvalue weighted by molar-refractivity contribution is 1.29. The van der Waals surface area contributed by atoms with Gasteiger partial charge >= 0.3 is 0 Å². The molecule has 0 unspecified atom stereocenters. The van der Waals surface area contributed by atoms with E-state index in [-0.39, 0.29) is 0 Å². The number of nitrogens with zero attached hydrogens (tertiary/aromatic N) is 2. The van der Waals surface area contributed by atoms with Crippen molar-refractivity contribution in [1.82, 2.24) is 0 Å². The third-order valence-electron chi connectivity index (χ3n) is 13.4. The molecular weight excluding hydrogens is 797 g/mol. The summed E-state index contributed by atoms with van der Waals surface area (Å²) in [7, 11) is 0. The summed E-state index contributed by atoms with van der Waals surface area (Å²) in [5.41, 5.74) is 14.0. The van der Waals surface area contributed by atoms with Crippen molar-refractivity contribution in [3.05, 3.63) is 254 Å². The van der Waals surface area contributed by atoms with Crippen molar-refractivity contribution in [2.75, 3.05) is 9.80 Å². The summed E-state index contributed by atoms with van der Waals surface area (Å²) in [5.74, 6) is 0. The largest absolute Gasteiger partial charge is 0.310 e. The van der Waals surface area contributed by atoms with Gasteiger partial charge in [-0.2, -0.15) is 0 Å². The van der Waals surface area contributed by atoms with E-state index in [0.29, 0.717) is 0 Å². The van der Waals surface area contributed by atoms with Crippen molar-refractivity contribution in [1.29, 1.82) is 0 Å². The van der Waals surface area contributed by atoms with Gasteiger partial charge in [-0.1, -0.05) is 193 Å². The molecule has 12 aromatic carbocycles. The first-order chi connectivity index (χ1) is 32.6. The number of benzene rings is 12. The Morgan fingerprint density at radius 3 is 0.924 bits per heavy atom. The Hall–Kier alpha value is -8.46. The van der Waals surface area contributed by atoms with Gasteiger partial charge in [0.05, 0.1) is 11.4 Å². The monoisotopic (exact) mass is 842 g/mol. The average Bonchev–Trinajstić information content (AvgIpc) is 3.38. The van der Waals surface area contributed by atoms with Crippen LogP contribution < -0.4 is 9.80 Å². The summed E-state index contributed by atoms with van der Waals surface area (Å²) in [6.07, 6.45) is 0. The molecule has 0 aliphatic rings. The van der Waals surface area contributed by atoms with Gasteiger partial charge in [0.2, 0.25) is 0 Å². The second-order valence-electron chi connectivity index (χ2n) is 17.5. The zero-order valence-electron chi connectivity index (χ0n) is 37.0. The van der Waals surface area contributed by atoms with Crippen LogP contribution in [0.1, 0.15) is 11.1 Å². The second kappa shape index (κ2) is 16.3. The molecule has 0 saturated heterocycles. The number of anilines is 6. The van der Waals surface area contributed by atoms with Crippen molar-refractivity contribution < 1.29 is 0 Å². The third kappa shape index (κ3) is 6.83. The molecule has 12 aromatic rings. The molecule has 0 fully saturated rings. The number of hydrogen-bond donors (Lipinski definition) is 0. The maximum Gasteiger partial charge on any atom is 0.0546 e. The van der Waals surface area contributed by atoms with Crippen LogP contribution in [0.4, 0.5) is 34.1 Å². The lowest BCUT2D eigenvalue weighted by atomic mass is 9.93. The minimum Gasteiger partial charge on any atom is -0.310 e. The van der Waals surface area contributed by atoms with E-state index in [9.17, 15) is 0 Å². The number of aryl methyl sites for hydroxylation is 2. The molecule has 0 atom stereocenters. The van der Waals surface area contributed by atoms with Gasteiger partial charge in [-0.25, -0.2) is 0 Å². The summed E-state index contributed by atoms with van der Waals surface area (Å²) in [6.45, 7) is 4.31. The first kappa shape index (κ1) is 39.2. The Morgan fingerprint density at radius 2 is 0.545 bits per heavy atom. The van der Waals surface area contributed by atoms with E-state index >= 15 is 0 Å². The smallest absolute Gasteiger partial charge is 0.0546 e. The van der Waals surface area contributed by atoms with Gasteiger partial charge in [0.1, 0.15) is 0 Å². The first-order valence-corrected chi connectivity index (χ1v) is 22.8. The minimum atomic E-state index is 1.10. The third-order valence-corrected chi connectivity index (χ3v) is 13.4.